The van der Waals surface area contributed by atoms with Gasteiger partial charge in [-0.25, -0.2) is 13.1 Å². The molecule has 8 heteroatoms. The number of nitrogens with zero attached hydrogens (tertiary/aromatic N) is 1. The van der Waals surface area contributed by atoms with E-state index >= 15 is 0 Å². The van der Waals surface area contributed by atoms with Crippen molar-refractivity contribution in [3.63, 3.8) is 0 Å². The number of sulfonamides is 1. The lowest BCUT2D eigenvalue weighted by Crippen LogP contribution is -2.30. The minimum Gasteiger partial charge on any atom is -0.495 e. The number of fused-ring (bicyclic) bond motifs is 1. The summed E-state index contributed by atoms with van der Waals surface area (Å²) in [5, 5.41) is 2.95. The fourth-order valence-electron chi connectivity index (χ4n) is 4.00. The third-order valence-corrected chi connectivity index (χ3v) is 7.12. The lowest BCUT2D eigenvalue weighted by atomic mass is 10.1. The maximum atomic E-state index is 13.1. The molecule has 1 aliphatic heterocycles. The summed E-state index contributed by atoms with van der Waals surface area (Å²) in [5.41, 5.74) is 4.15. The highest BCUT2D eigenvalue weighted by Crippen LogP contribution is 2.38. The van der Waals surface area contributed by atoms with Gasteiger partial charge in [0.2, 0.25) is 10.0 Å². The van der Waals surface area contributed by atoms with E-state index in [1.807, 2.05) is 36.4 Å². The highest BCUT2D eigenvalue weighted by molar-refractivity contribution is 7.89. The molecule has 3 aromatic carbocycles. The fourth-order valence-corrected chi connectivity index (χ4v) is 5.45. The number of amides is 1. The van der Waals surface area contributed by atoms with E-state index in [2.05, 4.69) is 27.1 Å². The van der Waals surface area contributed by atoms with Gasteiger partial charge in [-0.2, -0.15) is 0 Å². The number of carbonyl (C=O) groups is 1. The second-order valence-corrected chi connectivity index (χ2v) is 9.83. The van der Waals surface area contributed by atoms with E-state index < -0.39 is 15.9 Å². The number of ether oxygens (including phenoxy) is 1. The van der Waals surface area contributed by atoms with Crippen LogP contribution in [0.15, 0.2) is 71.6 Å². The summed E-state index contributed by atoms with van der Waals surface area (Å²) in [6.45, 7) is 4.28. The molecule has 0 aromatic heterocycles. The number of rotatable bonds is 7. The molecule has 0 radical (unpaired) electrons. The summed E-state index contributed by atoms with van der Waals surface area (Å²) in [6, 6.07) is 19.9. The highest BCUT2D eigenvalue weighted by atomic mass is 32.2. The summed E-state index contributed by atoms with van der Waals surface area (Å²) < 4.78 is 33.3. The Morgan fingerprint density at radius 3 is 2.42 bits per heavy atom. The maximum absolute atomic E-state index is 13.1. The van der Waals surface area contributed by atoms with Crippen molar-refractivity contribution in [3.05, 3.63) is 77.9 Å². The van der Waals surface area contributed by atoms with Crippen LogP contribution >= 0.6 is 0 Å². The molecular formula is C25H27N3O4S. The van der Waals surface area contributed by atoms with E-state index in [1.165, 1.54) is 24.8 Å². The van der Waals surface area contributed by atoms with Gasteiger partial charge in [0.1, 0.15) is 10.6 Å². The molecule has 172 valence electrons. The molecule has 0 atom stereocenters. The van der Waals surface area contributed by atoms with Crippen LogP contribution in [0.3, 0.4) is 0 Å². The number of hydrogen-bond acceptors (Lipinski definition) is 5. The van der Waals surface area contributed by atoms with E-state index in [-0.39, 0.29) is 22.3 Å². The second-order valence-electron chi connectivity index (χ2n) is 8.14. The van der Waals surface area contributed by atoms with Crippen molar-refractivity contribution in [3.8, 4) is 5.75 Å². The van der Waals surface area contributed by atoms with E-state index in [0.29, 0.717) is 5.69 Å². The molecule has 1 aliphatic rings. The third-order valence-electron chi connectivity index (χ3n) is 5.44. The average Bonchev–Trinajstić information content (AvgIpc) is 3.22. The third kappa shape index (κ3) is 4.72. The Kier molecular flexibility index (Phi) is 6.40. The Morgan fingerprint density at radius 2 is 1.70 bits per heavy atom. The first-order valence-electron chi connectivity index (χ1n) is 10.8. The highest BCUT2D eigenvalue weighted by Gasteiger charge is 2.25. The smallest absolute Gasteiger partial charge is 0.255 e. The van der Waals surface area contributed by atoms with E-state index in [4.69, 9.17) is 4.74 Å². The van der Waals surface area contributed by atoms with Crippen molar-refractivity contribution < 1.29 is 17.9 Å². The summed E-state index contributed by atoms with van der Waals surface area (Å²) in [5.74, 6) is -0.229. The van der Waals surface area contributed by atoms with Gasteiger partial charge in [0, 0.05) is 23.8 Å². The summed E-state index contributed by atoms with van der Waals surface area (Å²) in [6.07, 6.45) is 0.932. The zero-order chi connectivity index (χ0) is 23.6. The van der Waals surface area contributed by atoms with E-state index in [1.54, 1.807) is 19.9 Å². The molecule has 0 aliphatic carbocycles. The van der Waals surface area contributed by atoms with Crippen LogP contribution in [0.1, 0.15) is 29.8 Å². The van der Waals surface area contributed by atoms with Crippen LogP contribution in [0.2, 0.25) is 0 Å². The Bertz CT molecular complexity index is 1290. The molecule has 1 amide bonds. The van der Waals surface area contributed by atoms with Gasteiger partial charge in [-0.1, -0.05) is 30.3 Å². The van der Waals surface area contributed by atoms with Crippen molar-refractivity contribution in [2.24, 2.45) is 0 Å². The van der Waals surface area contributed by atoms with Crippen LogP contribution in [0, 0.1) is 0 Å². The quantitative estimate of drug-likeness (QED) is 0.542. The van der Waals surface area contributed by atoms with Crippen LogP contribution in [0.4, 0.5) is 17.1 Å². The van der Waals surface area contributed by atoms with Crippen molar-refractivity contribution in [1.29, 1.82) is 0 Å². The normalized spacial score (nSPS) is 13.2. The number of anilines is 3. The molecule has 33 heavy (non-hydrogen) atoms. The second kappa shape index (κ2) is 9.25. The van der Waals surface area contributed by atoms with Gasteiger partial charge in [0.05, 0.1) is 18.5 Å². The Labute approximate surface area is 194 Å². The minimum atomic E-state index is -3.85. The molecule has 2 N–H and O–H groups in total. The molecule has 4 rings (SSSR count). The Balaban J connectivity index is 1.65. The molecule has 3 aromatic rings. The van der Waals surface area contributed by atoms with Crippen LogP contribution in [-0.4, -0.2) is 34.0 Å². The first-order chi connectivity index (χ1) is 15.8. The molecule has 7 nitrogen and oxygen atoms in total. The van der Waals surface area contributed by atoms with Crippen molar-refractivity contribution >= 4 is 33.0 Å². The predicted molar refractivity (Wildman–Crippen MR) is 130 cm³/mol. The number of hydrogen-bond donors (Lipinski definition) is 2. The molecule has 0 unspecified atom stereocenters. The zero-order valence-corrected chi connectivity index (χ0v) is 19.6. The number of benzene rings is 3. The van der Waals surface area contributed by atoms with E-state index in [0.717, 1.165) is 24.3 Å². The summed E-state index contributed by atoms with van der Waals surface area (Å²) in [4.78, 5) is 15.2. The van der Waals surface area contributed by atoms with Gasteiger partial charge in [-0.05, 0) is 62.2 Å². The number of nitrogens with one attached hydrogen (secondary N) is 2. The molecule has 0 fully saturated rings. The average molecular weight is 466 g/mol. The number of carbonyl (C=O) groups excluding carboxylic acids is 1. The van der Waals surface area contributed by atoms with Crippen molar-refractivity contribution in [1.82, 2.24) is 4.72 Å². The van der Waals surface area contributed by atoms with Gasteiger partial charge < -0.3 is 15.0 Å². The van der Waals surface area contributed by atoms with Crippen LogP contribution in [0.25, 0.3) is 0 Å². The molecule has 0 saturated carbocycles. The monoisotopic (exact) mass is 465 g/mol. The number of para-hydroxylation sites is 3. The van der Waals surface area contributed by atoms with Crippen molar-refractivity contribution in [2.45, 2.75) is 31.2 Å². The molecule has 0 spiro atoms. The lowest BCUT2D eigenvalue weighted by molar-refractivity contribution is 0.102. The summed E-state index contributed by atoms with van der Waals surface area (Å²) >= 11 is 0. The maximum Gasteiger partial charge on any atom is 0.255 e. The molecule has 0 bridgehead atoms. The van der Waals surface area contributed by atoms with Gasteiger partial charge >= 0.3 is 0 Å². The van der Waals surface area contributed by atoms with Gasteiger partial charge in [0.15, 0.2) is 0 Å². The molecule has 0 saturated heterocycles. The van der Waals surface area contributed by atoms with Gasteiger partial charge in [0.25, 0.3) is 5.91 Å². The Hall–Kier alpha value is -3.36. The van der Waals surface area contributed by atoms with Crippen LogP contribution < -0.4 is 19.7 Å². The van der Waals surface area contributed by atoms with Crippen LogP contribution in [-0.2, 0) is 16.4 Å². The first kappa shape index (κ1) is 22.8. The first-order valence-corrected chi connectivity index (χ1v) is 12.2. The molecular weight excluding hydrogens is 438 g/mol. The summed E-state index contributed by atoms with van der Waals surface area (Å²) in [7, 11) is -2.45. The van der Waals surface area contributed by atoms with E-state index in [9.17, 15) is 13.2 Å². The van der Waals surface area contributed by atoms with Gasteiger partial charge in [-0.3, -0.25) is 4.79 Å². The Morgan fingerprint density at radius 1 is 1.00 bits per heavy atom. The largest absolute Gasteiger partial charge is 0.495 e. The zero-order valence-electron chi connectivity index (χ0n) is 18.8. The number of methoxy groups -OCH3 is 1. The van der Waals surface area contributed by atoms with Crippen molar-refractivity contribution in [2.75, 3.05) is 23.9 Å². The minimum absolute atomic E-state index is 0.0758. The topological polar surface area (TPSA) is 87.7 Å². The lowest BCUT2D eigenvalue weighted by Gasteiger charge is -2.23. The fraction of sp³-hybridized carbons (Fsp3) is 0.240. The standard InChI is InChI=1S/C25H27N3O4S/c1-17(2)27-33(30,31)24-16-19(12-13-23(24)32-3)25(29)26-20-9-5-7-11-22(20)28-15-14-18-8-4-6-10-21(18)28/h4-13,16-17,27H,14-15H2,1-3H3,(H,26,29). The predicted octanol–water partition coefficient (Wildman–Crippen LogP) is 4.33. The molecule has 1 heterocycles. The van der Waals surface area contributed by atoms with Gasteiger partial charge in [-0.15, -0.1) is 0 Å². The van der Waals surface area contributed by atoms with Crippen LogP contribution in [0.5, 0.6) is 5.75 Å². The SMILES string of the molecule is COc1ccc(C(=O)Nc2ccccc2N2CCc3ccccc32)cc1S(=O)(=O)NC(C)C.